The van der Waals surface area contributed by atoms with Crippen molar-refractivity contribution >= 4 is 56.5 Å². The van der Waals surface area contributed by atoms with E-state index in [0.29, 0.717) is 23.6 Å². The van der Waals surface area contributed by atoms with Crippen LogP contribution < -0.4 is 10.1 Å². The summed E-state index contributed by atoms with van der Waals surface area (Å²) in [5.74, 6) is -0.393. The van der Waals surface area contributed by atoms with E-state index >= 15 is 0 Å². The molecule has 1 aliphatic heterocycles. The lowest BCUT2D eigenvalue weighted by Gasteiger charge is -2.14. The molecule has 0 atom stereocenters. The number of amides is 3. The Labute approximate surface area is 193 Å². The molecule has 160 valence electrons. The number of nitrogens with zero attached hydrogens (tertiary/aromatic N) is 1. The number of hydrogen-bond acceptors (Lipinski definition) is 5. The van der Waals surface area contributed by atoms with Gasteiger partial charge in [0.2, 0.25) is 5.91 Å². The maximum absolute atomic E-state index is 12.8. The van der Waals surface area contributed by atoms with Crippen molar-refractivity contribution in [2.75, 3.05) is 18.5 Å². The Balaban J connectivity index is 1.76. The van der Waals surface area contributed by atoms with Crippen molar-refractivity contribution in [2.45, 2.75) is 13.8 Å². The lowest BCUT2D eigenvalue weighted by Crippen LogP contribution is -2.36. The first-order chi connectivity index (χ1) is 14.8. The van der Waals surface area contributed by atoms with Gasteiger partial charge in [-0.3, -0.25) is 19.3 Å². The van der Waals surface area contributed by atoms with Gasteiger partial charge in [-0.1, -0.05) is 46.3 Å². The van der Waals surface area contributed by atoms with Crippen molar-refractivity contribution in [2.24, 2.45) is 0 Å². The topological polar surface area (TPSA) is 75.7 Å². The Morgan fingerprint density at radius 1 is 1.23 bits per heavy atom. The maximum atomic E-state index is 12.8. The number of benzene rings is 2. The van der Waals surface area contributed by atoms with Crippen LogP contribution in [-0.4, -0.2) is 35.1 Å². The van der Waals surface area contributed by atoms with Crippen LogP contribution in [-0.2, 0) is 9.59 Å². The summed E-state index contributed by atoms with van der Waals surface area (Å²) in [5.41, 5.74) is 3.28. The third-order valence-corrected chi connectivity index (χ3v) is 5.85. The summed E-state index contributed by atoms with van der Waals surface area (Å²) in [6.07, 6.45) is 3.21. The van der Waals surface area contributed by atoms with Gasteiger partial charge in [-0.2, -0.15) is 0 Å². The number of aryl methyl sites for hydroxylation is 2. The average molecular weight is 501 g/mol. The third kappa shape index (κ3) is 5.65. The number of imide groups is 1. The molecule has 0 aromatic heterocycles. The van der Waals surface area contributed by atoms with E-state index in [1.165, 1.54) is 0 Å². The first-order valence-electron chi connectivity index (χ1n) is 9.44. The number of halogens is 1. The Hall–Kier alpha value is -2.84. The molecule has 1 fully saturated rings. The van der Waals surface area contributed by atoms with E-state index in [1.54, 1.807) is 30.4 Å². The predicted octanol–water partition coefficient (Wildman–Crippen LogP) is 5.31. The fourth-order valence-electron chi connectivity index (χ4n) is 2.98. The monoisotopic (exact) mass is 500 g/mol. The fraction of sp³-hybridized carbons (Fsp3) is 0.174. The minimum Gasteiger partial charge on any atom is -0.489 e. The second-order valence-electron chi connectivity index (χ2n) is 6.92. The van der Waals surface area contributed by atoms with Crippen LogP contribution in [0.25, 0.3) is 6.08 Å². The van der Waals surface area contributed by atoms with Gasteiger partial charge in [0, 0.05) is 15.7 Å². The second-order valence-corrected chi connectivity index (χ2v) is 8.83. The Morgan fingerprint density at radius 2 is 2.00 bits per heavy atom. The van der Waals surface area contributed by atoms with Gasteiger partial charge in [0.15, 0.2) is 0 Å². The van der Waals surface area contributed by atoms with Crippen molar-refractivity contribution in [1.29, 1.82) is 0 Å². The molecule has 1 N–H and O–H groups in total. The largest absolute Gasteiger partial charge is 0.489 e. The molecule has 0 bridgehead atoms. The molecule has 8 heteroatoms. The van der Waals surface area contributed by atoms with Crippen molar-refractivity contribution in [1.82, 2.24) is 4.90 Å². The van der Waals surface area contributed by atoms with Crippen molar-refractivity contribution in [3.8, 4) is 5.75 Å². The molecule has 3 amide bonds. The molecule has 0 saturated carbocycles. The fourth-order valence-corrected chi connectivity index (χ4v) is 4.18. The third-order valence-electron chi connectivity index (χ3n) is 4.45. The van der Waals surface area contributed by atoms with Gasteiger partial charge in [-0.15, -0.1) is 0 Å². The zero-order valence-corrected chi connectivity index (χ0v) is 19.5. The minimum atomic E-state index is -0.513. The quantitative estimate of drug-likeness (QED) is 0.412. The standard InChI is InChI=1S/C23H21BrN2O4S/c1-4-9-30-19-8-6-17(24)11-16(19)12-20-22(28)26(23(29)31-20)13-21(27)25-18-7-5-14(2)10-15(18)3/h4-8,10-12H,1,9,13H2,2-3H3,(H,25,27)/b20-12+. The number of rotatable bonds is 7. The Kier molecular flexibility index (Phi) is 7.35. The van der Waals surface area contributed by atoms with Crippen LogP contribution in [0.15, 0.2) is 58.4 Å². The average Bonchev–Trinajstić information content (AvgIpc) is 2.97. The van der Waals surface area contributed by atoms with Gasteiger partial charge in [0.05, 0.1) is 4.91 Å². The number of carbonyl (C=O) groups is 3. The number of anilines is 1. The highest BCUT2D eigenvalue weighted by Crippen LogP contribution is 2.35. The number of thioether (sulfide) groups is 1. The number of ether oxygens (including phenoxy) is 1. The van der Waals surface area contributed by atoms with E-state index < -0.39 is 17.1 Å². The van der Waals surface area contributed by atoms with Gasteiger partial charge < -0.3 is 10.1 Å². The van der Waals surface area contributed by atoms with E-state index in [0.717, 1.165) is 32.3 Å². The van der Waals surface area contributed by atoms with Crippen molar-refractivity contribution in [3.05, 3.63) is 75.1 Å². The second kappa shape index (κ2) is 9.98. The lowest BCUT2D eigenvalue weighted by molar-refractivity contribution is -0.127. The van der Waals surface area contributed by atoms with Gasteiger partial charge in [0.1, 0.15) is 18.9 Å². The summed E-state index contributed by atoms with van der Waals surface area (Å²) < 4.78 is 6.43. The van der Waals surface area contributed by atoms with Crippen LogP contribution >= 0.6 is 27.7 Å². The summed E-state index contributed by atoms with van der Waals surface area (Å²) in [6.45, 7) is 7.43. The number of hydrogen-bond donors (Lipinski definition) is 1. The smallest absolute Gasteiger partial charge is 0.294 e. The predicted molar refractivity (Wildman–Crippen MR) is 127 cm³/mol. The summed E-state index contributed by atoms with van der Waals surface area (Å²) in [7, 11) is 0. The molecule has 1 saturated heterocycles. The molecular weight excluding hydrogens is 480 g/mol. The van der Waals surface area contributed by atoms with E-state index in [9.17, 15) is 14.4 Å². The minimum absolute atomic E-state index is 0.228. The highest BCUT2D eigenvalue weighted by Gasteiger charge is 2.36. The van der Waals surface area contributed by atoms with Crippen molar-refractivity contribution < 1.29 is 19.1 Å². The maximum Gasteiger partial charge on any atom is 0.294 e. The normalized spacial score (nSPS) is 14.8. The summed E-state index contributed by atoms with van der Waals surface area (Å²) in [6, 6.07) is 11.0. The van der Waals surface area contributed by atoms with Crippen LogP contribution in [0.3, 0.4) is 0 Å². The van der Waals surface area contributed by atoms with Gasteiger partial charge in [0.25, 0.3) is 11.1 Å². The molecule has 3 rings (SSSR count). The molecule has 2 aromatic carbocycles. The molecule has 0 spiro atoms. The first-order valence-corrected chi connectivity index (χ1v) is 11.0. The Bertz CT molecular complexity index is 1100. The zero-order valence-electron chi connectivity index (χ0n) is 17.1. The Morgan fingerprint density at radius 3 is 2.71 bits per heavy atom. The zero-order chi connectivity index (χ0) is 22.5. The highest BCUT2D eigenvalue weighted by atomic mass is 79.9. The van der Waals surface area contributed by atoms with Crippen LogP contribution in [0.1, 0.15) is 16.7 Å². The van der Waals surface area contributed by atoms with Crippen LogP contribution in [0.4, 0.5) is 10.5 Å². The highest BCUT2D eigenvalue weighted by molar-refractivity contribution is 9.10. The number of nitrogens with one attached hydrogen (secondary N) is 1. The van der Waals surface area contributed by atoms with Gasteiger partial charge in [-0.25, -0.2) is 0 Å². The lowest BCUT2D eigenvalue weighted by atomic mass is 10.1. The molecule has 2 aromatic rings. The molecule has 1 heterocycles. The molecule has 31 heavy (non-hydrogen) atoms. The van der Waals surface area contributed by atoms with Crippen molar-refractivity contribution in [3.63, 3.8) is 0 Å². The van der Waals surface area contributed by atoms with Crippen LogP contribution in [0, 0.1) is 13.8 Å². The molecule has 0 radical (unpaired) electrons. The summed E-state index contributed by atoms with van der Waals surface area (Å²) in [5, 5.41) is 2.27. The van der Waals surface area contributed by atoms with E-state index in [1.807, 2.05) is 32.0 Å². The molecule has 6 nitrogen and oxygen atoms in total. The summed E-state index contributed by atoms with van der Waals surface area (Å²) in [4.78, 5) is 38.8. The summed E-state index contributed by atoms with van der Waals surface area (Å²) >= 11 is 4.20. The van der Waals surface area contributed by atoms with E-state index in [4.69, 9.17) is 4.74 Å². The van der Waals surface area contributed by atoms with Gasteiger partial charge >= 0.3 is 0 Å². The first kappa shape index (κ1) is 22.8. The molecule has 1 aliphatic rings. The molecule has 0 unspecified atom stereocenters. The van der Waals surface area contributed by atoms with Crippen LogP contribution in [0.5, 0.6) is 5.75 Å². The number of carbonyl (C=O) groups excluding carboxylic acids is 3. The van der Waals surface area contributed by atoms with E-state index in [2.05, 4.69) is 27.8 Å². The SMILES string of the molecule is C=CCOc1ccc(Br)cc1/C=C1/SC(=O)N(CC(=O)Nc2ccc(C)cc2C)C1=O. The van der Waals surface area contributed by atoms with Crippen LogP contribution in [0.2, 0.25) is 0 Å². The van der Waals surface area contributed by atoms with E-state index in [-0.39, 0.29) is 11.4 Å². The van der Waals surface area contributed by atoms with Gasteiger partial charge in [-0.05, 0) is 61.5 Å². The molecular formula is C23H21BrN2O4S. The molecule has 0 aliphatic carbocycles.